The fraction of sp³-hybridized carbons (Fsp3) is 0.409. The van der Waals surface area contributed by atoms with Gasteiger partial charge in [-0.05, 0) is 77.8 Å². The zero-order valence-electron chi connectivity index (χ0n) is 17.3. The quantitative estimate of drug-likeness (QED) is 0.283. The zero-order valence-corrected chi connectivity index (χ0v) is 17.3. The standard InChI is InChI=1S/C22H28O6/c1-15(27-28-22(5,6)7)25-17-11-12-18-16(13-17)9-8-10-19(18)24-14-20(23)26-21(2,3)4/h8-13H,1,14H2,2-7H3. The van der Waals surface area contributed by atoms with Gasteiger partial charge in [-0.2, -0.15) is 4.89 Å². The second-order valence-corrected chi connectivity index (χ2v) is 8.27. The number of esters is 1. The molecule has 0 unspecified atom stereocenters. The predicted octanol–water partition coefficient (Wildman–Crippen LogP) is 5.16. The molecule has 0 saturated carbocycles. The van der Waals surface area contributed by atoms with Crippen LogP contribution in [-0.2, 0) is 19.3 Å². The summed E-state index contributed by atoms with van der Waals surface area (Å²) in [6.07, 6.45) is 0. The molecule has 0 saturated heterocycles. The molecule has 152 valence electrons. The number of hydrogen-bond acceptors (Lipinski definition) is 6. The van der Waals surface area contributed by atoms with Crippen LogP contribution in [0.2, 0.25) is 0 Å². The number of hydrogen-bond donors (Lipinski definition) is 0. The lowest BCUT2D eigenvalue weighted by atomic mass is 10.1. The molecule has 0 aliphatic heterocycles. The summed E-state index contributed by atoms with van der Waals surface area (Å²) in [6, 6.07) is 11.0. The normalized spacial score (nSPS) is 11.8. The highest BCUT2D eigenvalue weighted by Gasteiger charge is 2.17. The van der Waals surface area contributed by atoms with Gasteiger partial charge in [0, 0.05) is 5.39 Å². The van der Waals surface area contributed by atoms with E-state index in [1.54, 1.807) is 12.1 Å². The fourth-order valence-electron chi connectivity index (χ4n) is 2.25. The average Bonchev–Trinajstić information content (AvgIpc) is 2.56. The number of carbonyl (C=O) groups is 1. The lowest BCUT2D eigenvalue weighted by molar-refractivity contribution is -0.337. The second kappa shape index (κ2) is 8.52. The molecule has 0 heterocycles. The van der Waals surface area contributed by atoms with Crippen molar-refractivity contribution in [3.05, 3.63) is 48.9 Å². The van der Waals surface area contributed by atoms with Gasteiger partial charge in [0.25, 0.3) is 0 Å². The molecule has 0 aromatic heterocycles. The van der Waals surface area contributed by atoms with Gasteiger partial charge >= 0.3 is 11.9 Å². The highest BCUT2D eigenvalue weighted by molar-refractivity contribution is 5.89. The summed E-state index contributed by atoms with van der Waals surface area (Å²) in [5.41, 5.74) is -1.03. The van der Waals surface area contributed by atoms with Crippen LogP contribution >= 0.6 is 0 Å². The van der Waals surface area contributed by atoms with Gasteiger partial charge in [0.05, 0.1) is 0 Å². The van der Waals surface area contributed by atoms with Crippen molar-refractivity contribution in [3.63, 3.8) is 0 Å². The molecule has 2 aromatic carbocycles. The van der Waals surface area contributed by atoms with Gasteiger partial charge in [0.2, 0.25) is 0 Å². The molecule has 0 radical (unpaired) electrons. The van der Waals surface area contributed by atoms with Crippen molar-refractivity contribution in [2.24, 2.45) is 0 Å². The minimum absolute atomic E-state index is 0.0339. The summed E-state index contributed by atoms with van der Waals surface area (Å²) in [7, 11) is 0. The Bertz CT molecular complexity index is 842. The first-order chi connectivity index (χ1) is 12.9. The lowest BCUT2D eigenvalue weighted by Crippen LogP contribution is -2.27. The Hall–Kier alpha value is -2.73. The van der Waals surface area contributed by atoms with E-state index in [0.29, 0.717) is 11.5 Å². The molecule has 28 heavy (non-hydrogen) atoms. The highest BCUT2D eigenvalue weighted by atomic mass is 17.2. The predicted molar refractivity (Wildman–Crippen MR) is 107 cm³/mol. The SMILES string of the molecule is C=C(OOC(C)(C)C)Oc1ccc2c(OCC(=O)OC(C)(C)C)cccc2c1. The van der Waals surface area contributed by atoms with Crippen molar-refractivity contribution in [2.75, 3.05) is 6.61 Å². The first kappa shape index (κ1) is 21.6. The van der Waals surface area contributed by atoms with Gasteiger partial charge in [-0.25, -0.2) is 4.79 Å². The van der Waals surface area contributed by atoms with E-state index in [4.69, 9.17) is 24.0 Å². The molecule has 0 fully saturated rings. The monoisotopic (exact) mass is 388 g/mol. The summed E-state index contributed by atoms with van der Waals surface area (Å²) >= 11 is 0. The van der Waals surface area contributed by atoms with Crippen LogP contribution in [0.3, 0.4) is 0 Å². The molecule has 0 aliphatic rings. The maximum absolute atomic E-state index is 11.9. The summed E-state index contributed by atoms with van der Waals surface area (Å²) in [5, 5.41) is 1.72. The lowest BCUT2D eigenvalue weighted by Gasteiger charge is -2.19. The second-order valence-electron chi connectivity index (χ2n) is 8.27. The van der Waals surface area contributed by atoms with E-state index in [-0.39, 0.29) is 12.6 Å². The maximum Gasteiger partial charge on any atom is 0.344 e. The largest absolute Gasteiger partial charge is 0.481 e. The molecule has 2 aromatic rings. The van der Waals surface area contributed by atoms with Crippen LogP contribution < -0.4 is 9.47 Å². The number of rotatable bonds is 7. The van der Waals surface area contributed by atoms with Crippen molar-refractivity contribution < 1.29 is 28.8 Å². The van der Waals surface area contributed by atoms with Crippen LogP contribution in [0.5, 0.6) is 11.5 Å². The van der Waals surface area contributed by atoms with Crippen molar-refractivity contribution >= 4 is 16.7 Å². The van der Waals surface area contributed by atoms with Crippen molar-refractivity contribution in [2.45, 2.75) is 52.7 Å². The summed E-state index contributed by atoms with van der Waals surface area (Å²) in [5.74, 6) is 0.740. The molecule has 6 heteroatoms. The third kappa shape index (κ3) is 7.12. The van der Waals surface area contributed by atoms with Crippen molar-refractivity contribution in [1.29, 1.82) is 0 Å². The summed E-state index contributed by atoms with van der Waals surface area (Å²) < 4.78 is 16.5. The summed E-state index contributed by atoms with van der Waals surface area (Å²) in [4.78, 5) is 22.1. The van der Waals surface area contributed by atoms with E-state index in [9.17, 15) is 4.79 Å². The summed E-state index contributed by atoms with van der Waals surface area (Å²) in [6.45, 7) is 14.5. The Morgan fingerprint density at radius 3 is 2.36 bits per heavy atom. The molecule has 0 aliphatic carbocycles. The van der Waals surface area contributed by atoms with E-state index in [1.807, 2.05) is 65.8 Å². The van der Waals surface area contributed by atoms with Gasteiger partial charge < -0.3 is 14.2 Å². The third-order valence-electron chi connectivity index (χ3n) is 3.19. The van der Waals surface area contributed by atoms with Crippen molar-refractivity contribution in [1.82, 2.24) is 0 Å². The Balaban J connectivity index is 2.05. The minimum atomic E-state index is -0.549. The number of carbonyl (C=O) groups excluding carboxylic acids is 1. The Morgan fingerprint density at radius 2 is 1.71 bits per heavy atom. The average molecular weight is 388 g/mol. The smallest absolute Gasteiger partial charge is 0.344 e. The molecule has 0 amide bonds. The van der Waals surface area contributed by atoms with E-state index < -0.39 is 17.2 Å². The first-order valence-corrected chi connectivity index (χ1v) is 9.03. The molecule has 0 N–H and O–H groups in total. The fourth-order valence-corrected chi connectivity index (χ4v) is 2.25. The van der Waals surface area contributed by atoms with Crippen LogP contribution in [0.25, 0.3) is 10.8 Å². The topological polar surface area (TPSA) is 63.2 Å². The van der Waals surface area contributed by atoms with Gasteiger partial charge in [-0.3, -0.25) is 4.89 Å². The van der Waals surface area contributed by atoms with Crippen molar-refractivity contribution in [3.8, 4) is 11.5 Å². The highest BCUT2D eigenvalue weighted by Crippen LogP contribution is 2.29. The third-order valence-corrected chi connectivity index (χ3v) is 3.19. The molecule has 0 spiro atoms. The number of fused-ring (bicyclic) bond motifs is 1. The van der Waals surface area contributed by atoms with Gasteiger partial charge in [-0.1, -0.05) is 12.1 Å². The number of ether oxygens (including phenoxy) is 3. The molecule has 6 nitrogen and oxygen atoms in total. The van der Waals surface area contributed by atoms with Crippen LogP contribution in [-0.4, -0.2) is 23.8 Å². The van der Waals surface area contributed by atoms with Crippen LogP contribution in [0.4, 0.5) is 0 Å². The van der Waals surface area contributed by atoms with E-state index in [2.05, 4.69) is 6.58 Å². The molecule has 0 atom stereocenters. The maximum atomic E-state index is 11.9. The molecular weight excluding hydrogens is 360 g/mol. The van der Waals surface area contributed by atoms with E-state index in [0.717, 1.165) is 10.8 Å². The Labute approximate surface area is 165 Å². The van der Waals surface area contributed by atoms with Gasteiger partial charge in [-0.15, -0.1) is 0 Å². The van der Waals surface area contributed by atoms with Gasteiger partial charge in [0.15, 0.2) is 6.61 Å². The molecule has 2 rings (SSSR count). The van der Waals surface area contributed by atoms with E-state index >= 15 is 0 Å². The van der Waals surface area contributed by atoms with Gasteiger partial charge in [0.1, 0.15) is 22.7 Å². The Kier molecular flexibility index (Phi) is 6.56. The van der Waals surface area contributed by atoms with Crippen LogP contribution in [0.1, 0.15) is 41.5 Å². The van der Waals surface area contributed by atoms with E-state index in [1.165, 1.54) is 0 Å². The van der Waals surface area contributed by atoms with Crippen LogP contribution in [0, 0.1) is 0 Å². The first-order valence-electron chi connectivity index (χ1n) is 9.03. The zero-order chi connectivity index (χ0) is 20.9. The number of benzene rings is 2. The minimum Gasteiger partial charge on any atom is -0.481 e. The Morgan fingerprint density at radius 1 is 1.00 bits per heavy atom. The molecule has 0 bridgehead atoms. The molecular formula is C22H28O6. The van der Waals surface area contributed by atoms with Crippen LogP contribution in [0.15, 0.2) is 48.9 Å².